The van der Waals surface area contributed by atoms with Gasteiger partial charge in [0, 0.05) is 19.4 Å². The van der Waals surface area contributed by atoms with Crippen LogP contribution in [0.2, 0.25) is 5.02 Å². The molecular weight excluding hydrogens is 430 g/mol. The number of benzene rings is 1. The third kappa shape index (κ3) is 8.76. The molecule has 33 heavy (non-hydrogen) atoms. The van der Waals surface area contributed by atoms with Gasteiger partial charge < -0.3 is 10.5 Å². The number of hydrogen-bond acceptors (Lipinski definition) is 3. The zero-order valence-corrected chi connectivity index (χ0v) is 22.2. The van der Waals surface area contributed by atoms with E-state index in [1.807, 2.05) is 13.0 Å². The minimum absolute atomic E-state index is 0.235. The zero-order chi connectivity index (χ0) is 24.4. The van der Waals surface area contributed by atoms with Crippen LogP contribution in [-0.2, 0) is 22.4 Å². The number of nitrogen functional groups attached to an aromatic ring is 1. The Morgan fingerprint density at radius 1 is 1.18 bits per heavy atom. The smallest absolute Gasteiger partial charge is 0.162 e. The van der Waals surface area contributed by atoms with Crippen LogP contribution in [0, 0.1) is 17.8 Å². The highest BCUT2D eigenvalue weighted by Crippen LogP contribution is 2.39. The number of allylic oxidation sites excluding steroid dienone is 1. The second kappa shape index (κ2) is 14.2. The number of ether oxygens (including phenoxy) is 1. The Kier molecular flexibility index (Phi) is 12.0. The van der Waals surface area contributed by atoms with Crippen LogP contribution in [0.5, 0.6) is 0 Å². The predicted octanol–water partition coefficient (Wildman–Crippen LogP) is 7.97. The van der Waals surface area contributed by atoms with Crippen LogP contribution in [0.1, 0.15) is 96.6 Å². The SMILES string of the molecule is C=C(C)CCC(CCC)C1CCC(CC(=O)[C@@H](Cc2cc(Cl)c(N)c(CC)c2)OCC)CC1. The van der Waals surface area contributed by atoms with Gasteiger partial charge in [0.05, 0.1) is 10.7 Å². The number of aryl methyl sites for hydroxylation is 1. The molecule has 0 amide bonds. The normalized spacial score (nSPS) is 20.4. The summed E-state index contributed by atoms with van der Waals surface area (Å²) in [6.45, 7) is 13.1. The standard InChI is InChI=1S/C29H46ClNO2/c1-6-9-24(13-10-20(4)5)25-14-11-21(12-15-25)18-27(32)28(33-8-3)19-22-16-23(7-2)29(31)26(30)17-22/h16-17,21,24-25,28H,4,6-15,18-19,31H2,1-3,5H3/t21?,24?,25?,28-/m1/s1. The van der Waals surface area contributed by atoms with Crippen molar-refractivity contribution in [3.8, 4) is 0 Å². The van der Waals surface area contributed by atoms with Gasteiger partial charge in [0.25, 0.3) is 0 Å². The van der Waals surface area contributed by atoms with Gasteiger partial charge in [-0.2, -0.15) is 0 Å². The summed E-state index contributed by atoms with van der Waals surface area (Å²) >= 11 is 6.34. The molecule has 0 saturated heterocycles. The Labute approximate surface area is 207 Å². The molecule has 0 aromatic heterocycles. The van der Waals surface area contributed by atoms with Crippen molar-refractivity contribution in [2.24, 2.45) is 17.8 Å². The monoisotopic (exact) mass is 475 g/mol. The van der Waals surface area contributed by atoms with Crippen molar-refractivity contribution < 1.29 is 9.53 Å². The summed E-state index contributed by atoms with van der Waals surface area (Å²) in [4.78, 5) is 13.2. The first-order valence-electron chi connectivity index (χ1n) is 13.1. The number of hydrogen-bond donors (Lipinski definition) is 1. The second-order valence-electron chi connectivity index (χ2n) is 10.1. The molecule has 1 fully saturated rings. The van der Waals surface area contributed by atoms with Crippen LogP contribution in [0.3, 0.4) is 0 Å². The quantitative estimate of drug-likeness (QED) is 0.219. The number of carbonyl (C=O) groups is 1. The maximum atomic E-state index is 13.2. The summed E-state index contributed by atoms with van der Waals surface area (Å²) in [6, 6.07) is 3.96. The minimum atomic E-state index is -0.402. The molecule has 2 N–H and O–H groups in total. The van der Waals surface area contributed by atoms with Gasteiger partial charge in [0.1, 0.15) is 6.10 Å². The largest absolute Gasteiger partial charge is 0.397 e. The third-order valence-electron chi connectivity index (χ3n) is 7.45. The van der Waals surface area contributed by atoms with Gasteiger partial charge in [0.15, 0.2) is 5.78 Å². The number of halogens is 1. The van der Waals surface area contributed by atoms with E-state index in [0.29, 0.717) is 36.1 Å². The molecule has 1 aliphatic carbocycles. The first-order chi connectivity index (χ1) is 15.8. The van der Waals surface area contributed by atoms with Gasteiger partial charge in [0.2, 0.25) is 0 Å². The average Bonchev–Trinajstić information content (AvgIpc) is 2.79. The summed E-state index contributed by atoms with van der Waals surface area (Å²) in [5.74, 6) is 2.34. The maximum Gasteiger partial charge on any atom is 0.162 e. The van der Waals surface area contributed by atoms with Crippen LogP contribution in [0.25, 0.3) is 0 Å². The maximum absolute atomic E-state index is 13.2. The molecule has 0 aliphatic heterocycles. The van der Waals surface area contributed by atoms with E-state index in [0.717, 1.165) is 48.6 Å². The van der Waals surface area contributed by atoms with E-state index < -0.39 is 6.10 Å². The second-order valence-corrected chi connectivity index (χ2v) is 10.6. The number of nitrogens with two attached hydrogens (primary N) is 1. The molecule has 1 aliphatic rings. The Morgan fingerprint density at radius 3 is 2.45 bits per heavy atom. The van der Waals surface area contributed by atoms with Crippen LogP contribution in [-0.4, -0.2) is 18.5 Å². The van der Waals surface area contributed by atoms with Crippen molar-refractivity contribution in [1.82, 2.24) is 0 Å². The number of rotatable bonds is 14. The van der Waals surface area contributed by atoms with Crippen LogP contribution in [0.15, 0.2) is 24.3 Å². The van der Waals surface area contributed by atoms with Crippen LogP contribution in [0.4, 0.5) is 5.69 Å². The Morgan fingerprint density at radius 2 is 1.88 bits per heavy atom. The summed E-state index contributed by atoms with van der Waals surface area (Å²) in [5, 5.41) is 0.568. The van der Waals surface area contributed by atoms with E-state index in [4.69, 9.17) is 22.1 Å². The molecule has 1 unspecified atom stereocenters. The molecule has 0 spiro atoms. The predicted molar refractivity (Wildman–Crippen MR) is 142 cm³/mol. The van der Waals surface area contributed by atoms with Gasteiger partial charge in [-0.1, -0.05) is 49.9 Å². The lowest BCUT2D eigenvalue weighted by atomic mass is 9.71. The fourth-order valence-electron chi connectivity index (χ4n) is 5.53. The van der Waals surface area contributed by atoms with Crippen molar-refractivity contribution in [2.75, 3.05) is 12.3 Å². The topological polar surface area (TPSA) is 52.3 Å². The van der Waals surface area contributed by atoms with Gasteiger partial charge in [-0.25, -0.2) is 0 Å². The Balaban J connectivity index is 1.94. The van der Waals surface area contributed by atoms with E-state index in [1.165, 1.54) is 37.7 Å². The van der Waals surface area contributed by atoms with Crippen molar-refractivity contribution in [1.29, 1.82) is 0 Å². The highest BCUT2D eigenvalue weighted by molar-refractivity contribution is 6.33. The molecule has 2 atom stereocenters. The molecule has 0 bridgehead atoms. The summed E-state index contributed by atoms with van der Waals surface area (Å²) in [5.41, 5.74) is 10.1. The van der Waals surface area contributed by atoms with Gasteiger partial charge in [-0.05, 0) is 93.7 Å². The van der Waals surface area contributed by atoms with Gasteiger partial charge in [-0.15, -0.1) is 6.58 Å². The molecule has 0 heterocycles. The molecule has 186 valence electrons. The first-order valence-corrected chi connectivity index (χ1v) is 13.5. The van der Waals surface area contributed by atoms with E-state index in [1.54, 1.807) is 0 Å². The fraction of sp³-hybridized carbons (Fsp3) is 0.690. The van der Waals surface area contributed by atoms with E-state index in [9.17, 15) is 4.79 Å². The van der Waals surface area contributed by atoms with E-state index in [-0.39, 0.29) is 5.78 Å². The summed E-state index contributed by atoms with van der Waals surface area (Å²) in [7, 11) is 0. The lowest BCUT2D eigenvalue weighted by molar-refractivity contribution is -0.131. The molecular formula is C29H46ClNO2. The van der Waals surface area contributed by atoms with Crippen LogP contribution < -0.4 is 5.73 Å². The lowest BCUT2D eigenvalue weighted by Crippen LogP contribution is -2.30. The Bertz CT molecular complexity index is 767. The van der Waals surface area contributed by atoms with Crippen molar-refractivity contribution in [2.45, 2.75) is 104 Å². The molecule has 1 aromatic carbocycles. The lowest BCUT2D eigenvalue weighted by Gasteiger charge is -2.34. The van der Waals surface area contributed by atoms with Crippen molar-refractivity contribution in [3.05, 3.63) is 40.4 Å². The molecule has 3 nitrogen and oxygen atoms in total. The zero-order valence-electron chi connectivity index (χ0n) is 21.4. The molecule has 1 aromatic rings. The highest BCUT2D eigenvalue weighted by atomic mass is 35.5. The summed E-state index contributed by atoms with van der Waals surface area (Å²) < 4.78 is 5.91. The third-order valence-corrected chi connectivity index (χ3v) is 7.77. The minimum Gasteiger partial charge on any atom is -0.397 e. The van der Waals surface area contributed by atoms with Gasteiger partial charge >= 0.3 is 0 Å². The highest BCUT2D eigenvalue weighted by Gasteiger charge is 2.30. The van der Waals surface area contributed by atoms with E-state index in [2.05, 4.69) is 33.4 Å². The van der Waals surface area contributed by atoms with Crippen molar-refractivity contribution >= 4 is 23.1 Å². The summed E-state index contributed by atoms with van der Waals surface area (Å²) in [6.07, 6.45) is 11.4. The van der Waals surface area contributed by atoms with Crippen LogP contribution >= 0.6 is 11.6 Å². The van der Waals surface area contributed by atoms with Gasteiger partial charge in [-0.3, -0.25) is 4.79 Å². The number of anilines is 1. The number of ketones is 1. The molecule has 4 heteroatoms. The number of Topliss-reactive ketones (excluding diaryl/α,β-unsaturated/α-hetero) is 1. The van der Waals surface area contributed by atoms with E-state index >= 15 is 0 Å². The Hall–Kier alpha value is -1.32. The fourth-order valence-corrected chi connectivity index (χ4v) is 5.79. The average molecular weight is 476 g/mol. The number of carbonyl (C=O) groups excluding carboxylic acids is 1. The molecule has 1 saturated carbocycles. The molecule has 0 radical (unpaired) electrons. The first kappa shape index (κ1) is 27.9. The molecule has 2 rings (SSSR count). The van der Waals surface area contributed by atoms with Crippen molar-refractivity contribution in [3.63, 3.8) is 0 Å².